The zero-order valence-corrected chi connectivity index (χ0v) is 13.1. The van der Waals surface area contributed by atoms with E-state index in [4.69, 9.17) is 0 Å². The molecule has 0 saturated carbocycles. The van der Waals surface area contributed by atoms with Gasteiger partial charge in [-0.25, -0.2) is 0 Å². The summed E-state index contributed by atoms with van der Waals surface area (Å²) in [7, 11) is 0. The minimum Gasteiger partial charge on any atom is -0.372 e. The van der Waals surface area contributed by atoms with Crippen LogP contribution in [0.4, 0.5) is 11.4 Å². The molecule has 2 fully saturated rings. The Hall–Kier alpha value is -1.96. The summed E-state index contributed by atoms with van der Waals surface area (Å²) >= 11 is 0. The van der Waals surface area contributed by atoms with E-state index in [1.165, 1.54) is 74.4 Å². The third-order valence-corrected chi connectivity index (χ3v) is 4.91. The molecule has 2 heterocycles. The number of anilines is 2. The Kier molecular flexibility index (Phi) is 3.75. The fourth-order valence-electron chi connectivity index (χ4n) is 3.62. The lowest BCUT2D eigenvalue weighted by molar-refractivity contribution is 0.949. The average Bonchev–Trinajstić information content (AvgIpc) is 3.29. The topological polar surface area (TPSA) is 6.48 Å². The molecule has 0 aliphatic carbocycles. The first kappa shape index (κ1) is 13.7. The summed E-state index contributed by atoms with van der Waals surface area (Å²) in [6.45, 7) is 4.79. The molecule has 2 heteroatoms. The molecule has 2 aromatic rings. The van der Waals surface area contributed by atoms with Crippen molar-refractivity contribution in [2.24, 2.45) is 0 Å². The molecule has 113 valence electrons. The second-order valence-electron chi connectivity index (χ2n) is 6.40. The van der Waals surface area contributed by atoms with Gasteiger partial charge in [-0.05, 0) is 67.1 Å². The van der Waals surface area contributed by atoms with Crippen LogP contribution in [0.5, 0.6) is 0 Å². The van der Waals surface area contributed by atoms with Crippen molar-refractivity contribution in [3.05, 3.63) is 48.5 Å². The maximum atomic E-state index is 3.40. The summed E-state index contributed by atoms with van der Waals surface area (Å²) in [6, 6.07) is 18.9. The van der Waals surface area contributed by atoms with Crippen molar-refractivity contribution in [2.45, 2.75) is 25.7 Å². The highest BCUT2D eigenvalue weighted by Gasteiger charge is 2.14. The smallest absolute Gasteiger partial charge is 0.0372 e. The Balaban J connectivity index is 1.57. The summed E-state index contributed by atoms with van der Waals surface area (Å²) in [5, 5.41) is 0. The van der Waals surface area contributed by atoms with Gasteiger partial charge in [0.25, 0.3) is 0 Å². The van der Waals surface area contributed by atoms with Crippen molar-refractivity contribution in [2.75, 3.05) is 36.0 Å². The normalized spacial score (nSPS) is 18.2. The lowest BCUT2D eigenvalue weighted by Gasteiger charge is -2.19. The Morgan fingerprint density at radius 1 is 0.682 bits per heavy atom. The minimum atomic E-state index is 1.19. The van der Waals surface area contributed by atoms with Gasteiger partial charge >= 0.3 is 0 Å². The van der Waals surface area contributed by atoms with Crippen molar-refractivity contribution >= 4 is 11.4 Å². The monoisotopic (exact) mass is 291 g/mol. The maximum absolute atomic E-state index is 3.40. The molecule has 0 bridgehead atoms. The van der Waals surface area contributed by atoms with Gasteiger partial charge in [-0.1, -0.05) is 18.2 Å². The van der Waals surface area contributed by atoms with Gasteiger partial charge in [0.2, 0.25) is 0 Å². The molecule has 2 aliphatic heterocycles. The molecular formula is C20H23N2. The lowest BCUT2D eigenvalue weighted by Crippen LogP contribution is -2.17. The van der Waals surface area contributed by atoms with E-state index in [1.54, 1.807) is 0 Å². The van der Waals surface area contributed by atoms with E-state index in [0.717, 1.165) is 0 Å². The van der Waals surface area contributed by atoms with Crippen molar-refractivity contribution in [1.82, 2.24) is 0 Å². The zero-order chi connectivity index (χ0) is 14.8. The molecule has 2 aromatic carbocycles. The Bertz CT molecular complexity index is 620. The van der Waals surface area contributed by atoms with Gasteiger partial charge in [-0.15, -0.1) is 0 Å². The Morgan fingerprint density at radius 2 is 1.27 bits per heavy atom. The van der Waals surface area contributed by atoms with Gasteiger partial charge in [-0.2, -0.15) is 0 Å². The molecule has 0 N–H and O–H groups in total. The van der Waals surface area contributed by atoms with Crippen LogP contribution >= 0.6 is 0 Å². The zero-order valence-electron chi connectivity index (χ0n) is 13.1. The second-order valence-corrected chi connectivity index (χ2v) is 6.40. The average molecular weight is 291 g/mol. The quantitative estimate of drug-likeness (QED) is 0.829. The predicted molar refractivity (Wildman–Crippen MR) is 93.6 cm³/mol. The van der Waals surface area contributed by atoms with Gasteiger partial charge in [0.15, 0.2) is 0 Å². The summed E-state index contributed by atoms with van der Waals surface area (Å²) in [5.74, 6) is 0. The second kappa shape index (κ2) is 6.04. The van der Waals surface area contributed by atoms with Gasteiger partial charge in [0.05, 0.1) is 0 Å². The summed E-state index contributed by atoms with van der Waals surface area (Å²) in [4.78, 5) is 4.96. The molecule has 2 aliphatic rings. The molecule has 2 saturated heterocycles. The largest absolute Gasteiger partial charge is 0.372 e. The molecule has 0 aromatic heterocycles. The fourth-order valence-corrected chi connectivity index (χ4v) is 3.62. The van der Waals surface area contributed by atoms with E-state index in [9.17, 15) is 0 Å². The highest BCUT2D eigenvalue weighted by molar-refractivity contribution is 5.70. The molecule has 0 atom stereocenters. The van der Waals surface area contributed by atoms with Crippen molar-refractivity contribution < 1.29 is 0 Å². The van der Waals surface area contributed by atoms with Crippen molar-refractivity contribution in [1.29, 1.82) is 0 Å². The molecule has 0 spiro atoms. The van der Waals surface area contributed by atoms with E-state index in [0.29, 0.717) is 0 Å². The van der Waals surface area contributed by atoms with Crippen LogP contribution in [-0.4, -0.2) is 26.2 Å². The van der Waals surface area contributed by atoms with Crippen LogP contribution in [0.25, 0.3) is 11.1 Å². The first-order valence-corrected chi connectivity index (χ1v) is 8.52. The first-order valence-electron chi connectivity index (χ1n) is 8.52. The SMILES string of the molecule is [c]1ccc(N2CCCC2)cc1-c1ccc(N2CCCC2)cc1. The maximum Gasteiger partial charge on any atom is 0.0372 e. The van der Waals surface area contributed by atoms with E-state index >= 15 is 0 Å². The molecule has 4 rings (SSSR count). The lowest BCUT2D eigenvalue weighted by atomic mass is 10.0. The Labute approximate surface area is 133 Å². The van der Waals surface area contributed by atoms with E-state index in [2.05, 4.69) is 58.3 Å². The molecule has 0 unspecified atom stereocenters. The molecular weight excluding hydrogens is 268 g/mol. The standard InChI is InChI=1S/C20H23N2/c1-2-13-21(12-1)19-10-8-17(9-11-19)18-6-5-7-20(16-18)22-14-3-4-15-22/h5,7-11,16H,1-4,12-15H2. The Morgan fingerprint density at radius 3 is 1.91 bits per heavy atom. The van der Waals surface area contributed by atoms with Gasteiger partial charge in [0.1, 0.15) is 0 Å². The van der Waals surface area contributed by atoms with Gasteiger partial charge in [-0.3, -0.25) is 0 Å². The summed E-state index contributed by atoms with van der Waals surface area (Å²) in [5.41, 5.74) is 5.17. The van der Waals surface area contributed by atoms with Crippen molar-refractivity contribution in [3.63, 3.8) is 0 Å². The molecule has 22 heavy (non-hydrogen) atoms. The molecule has 2 nitrogen and oxygen atoms in total. The van der Waals surface area contributed by atoms with Crippen LogP contribution in [0.1, 0.15) is 25.7 Å². The van der Waals surface area contributed by atoms with E-state index in [1.807, 2.05) is 0 Å². The highest BCUT2D eigenvalue weighted by Crippen LogP contribution is 2.28. The number of hydrogen-bond acceptors (Lipinski definition) is 2. The van der Waals surface area contributed by atoms with Gasteiger partial charge in [0, 0.05) is 37.6 Å². The van der Waals surface area contributed by atoms with Crippen LogP contribution in [-0.2, 0) is 0 Å². The number of nitrogens with zero attached hydrogens (tertiary/aromatic N) is 2. The van der Waals surface area contributed by atoms with Crippen LogP contribution in [0.2, 0.25) is 0 Å². The third kappa shape index (κ3) is 2.70. The van der Waals surface area contributed by atoms with Crippen LogP contribution in [0, 0.1) is 6.07 Å². The van der Waals surface area contributed by atoms with Crippen molar-refractivity contribution in [3.8, 4) is 11.1 Å². The van der Waals surface area contributed by atoms with Gasteiger partial charge < -0.3 is 9.80 Å². The minimum absolute atomic E-state index is 1.19. The van der Waals surface area contributed by atoms with Crippen LogP contribution in [0.3, 0.4) is 0 Å². The molecule has 0 amide bonds. The predicted octanol–water partition coefficient (Wildman–Crippen LogP) is 4.35. The number of hydrogen-bond donors (Lipinski definition) is 0. The van der Waals surface area contributed by atoms with Crippen LogP contribution in [0.15, 0.2) is 42.5 Å². The first-order chi connectivity index (χ1) is 10.9. The number of rotatable bonds is 3. The highest BCUT2D eigenvalue weighted by atomic mass is 15.1. The number of benzene rings is 2. The fraction of sp³-hybridized carbons (Fsp3) is 0.400. The van der Waals surface area contributed by atoms with Crippen LogP contribution < -0.4 is 9.80 Å². The third-order valence-electron chi connectivity index (χ3n) is 4.91. The summed E-state index contributed by atoms with van der Waals surface area (Å²) in [6.07, 6.45) is 5.29. The van der Waals surface area contributed by atoms with E-state index < -0.39 is 0 Å². The summed E-state index contributed by atoms with van der Waals surface area (Å²) < 4.78 is 0. The molecule has 1 radical (unpaired) electrons. The van der Waals surface area contributed by atoms with E-state index in [-0.39, 0.29) is 0 Å².